The normalized spacial score (nSPS) is 18.7. The summed E-state index contributed by atoms with van der Waals surface area (Å²) in [7, 11) is 3.75. The minimum atomic E-state index is -0.615. The van der Waals surface area contributed by atoms with Crippen LogP contribution in [-0.4, -0.2) is 48.2 Å². The van der Waals surface area contributed by atoms with Gasteiger partial charge in [-0.2, -0.15) is 10.2 Å². The number of fused-ring (bicyclic) bond motifs is 1. The van der Waals surface area contributed by atoms with Crippen LogP contribution in [0.5, 0.6) is 0 Å². The first kappa shape index (κ1) is 18.3. The molecule has 1 unspecified atom stereocenters. The molecule has 30 heavy (non-hydrogen) atoms. The van der Waals surface area contributed by atoms with E-state index in [1.54, 1.807) is 32.7 Å². The second-order valence-electron chi connectivity index (χ2n) is 7.71. The fourth-order valence-corrected chi connectivity index (χ4v) is 4.28. The predicted octanol–water partition coefficient (Wildman–Crippen LogP) is 1.25. The van der Waals surface area contributed by atoms with Crippen molar-refractivity contribution in [3.63, 3.8) is 0 Å². The van der Waals surface area contributed by atoms with Gasteiger partial charge in [0.1, 0.15) is 6.04 Å². The van der Waals surface area contributed by atoms with Gasteiger partial charge in [-0.1, -0.05) is 6.07 Å². The molecule has 0 bridgehead atoms. The van der Waals surface area contributed by atoms with Crippen molar-refractivity contribution in [3.05, 3.63) is 47.9 Å². The topological polar surface area (TPSA) is 102 Å². The van der Waals surface area contributed by atoms with Crippen LogP contribution in [0.4, 0.5) is 0 Å². The van der Waals surface area contributed by atoms with Crippen molar-refractivity contribution in [1.29, 1.82) is 0 Å². The molecule has 3 amide bonds. The lowest BCUT2D eigenvalue weighted by atomic mass is 9.99. The minimum Gasteiger partial charge on any atom is -0.322 e. The quantitative estimate of drug-likeness (QED) is 0.662. The summed E-state index contributed by atoms with van der Waals surface area (Å²) in [6.45, 7) is 0.344. The molecule has 9 nitrogen and oxygen atoms in total. The summed E-state index contributed by atoms with van der Waals surface area (Å²) in [5.41, 5.74) is 5.24. The summed E-state index contributed by atoms with van der Waals surface area (Å²) < 4.78 is 3.55. The smallest absolute Gasteiger partial charge is 0.255 e. The fraction of sp³-hybridized carbons (Fsp3) is 0.286. The molecule has 0 spiro atoms. The number of imide groups is 1. The van der Waals surface area contributed by atoms with E-state index in [2.05, 4.69) is 15.5 Å². The van der Waals surface area contributed by atoms with Crippen molar-refractivity contribution in [2.24, 2.45) is 14.1 Å². The molecule has 5 rings (SSSR count). The summed E-state index contributed by atoms with van der Waals surface area (Å²) in [6, 6.07) is 5.08. The van der Waals surface area contributed by atoms with Crippen LogP contribution < -0.4 is 5.32 Å². The molecule has 0 radical (unpaired) electrons. The van der Waals surface area contributed by atoms with E-state index in [-0.39, 0.29) is 18.2 Å². The number of benzene rings is 1. The molecule has 1 fully saturated rings. The van der Waals surface area contributed by atoms with Crippen LogP contribution in [-0.2, 0) is 30.2 Å². The van der Waals surface area contributed by atoms with Gasteiger partial charge in [-0.3, -0.25) is 29.1 Å². The molecule has 3 aromatic rings. The molecular formula is C21H20N6O3. The first-order valence-electron chi connectivity index (χ1n) is 9.71. The van der Waals surface area contributed by atoms with E-state index in [1.165, 1.54) is 0 Å². The maximum absolute atomic E-state index is 12.9. The third-order valence-electron chi connectivity index (χ3n) is 5.75. The molecule has 4 heterocycles. The van der Waals surface area contributed by atoms with Crippen LogP contribution in [0.3, 0.4) is 0 Å². The average Bonchev–Trinajstić information content (AvgIpc) is 3.39. The molecule has 1 atom stereocenters. The molecule has 1 aromatic carbocycles. The van der Waals surface area contributed by atoms with Gasteiger partial charge in [0.25, 0.3) is 5.91 Å². The highest BCUT2D eigenvalue weighted by Gasteiger charge is 2.39. The highest BCUT2D eigenvalue weighted by molar-refractivity contribution is 6.05. The molecule has 1 saturated heterocycles. The SMILES string of the molecule is Cn1cc(-c2c(-c3ccc4c(c3)CN(C3CCC(=O)NC3=O)C4=O)cnn2C)cn1. The molecule has 2 aliphatic rings. The number of nitrogens with zero attached hydrogens (tertiary/aromatic N) is 5. The van der Waals surface area contributed by atoms with Gasteiger partial charge in [0.05, 0.1) is 18.1 Å². The average molecular weight is 404 g/mol. The van der Waals surface area contributed by atoms with Crippen molar-refractivity contribution in [2.75, 3.05) is 0 Å². The van der Waals surface area contributed by atoms with Crippen molar-refractivity contribution < 1.29 is 14.4 Å². The number of hydrogen-bond acceptors (Lipinski definition) is 5. The highest BCUT2D eigenvalue weighted by atomic mass is 16.2. The molecule has 0 saturated carbocycles. The molecule has 9 heteroatoms. The van der Waals surface area contributed by atoms with E-state index >= 15 is 0 Å². The maximum atomic E-state index is 12.9. The van der Waals surface area contributed by atoms with E-state index in [4.69, 9.17) is 0 Å². The lowest BCUT2D eigenvalue weighted by Gasteiger charge is -2.29. The Labute approximate surface area is 172 Å². The van der Waals surface area contributed by atoms with Crippen LogP contribution in [0.2, 0.25) is 0 Å². The number of amides is 3. The molecule has 2 aliphatic heterocycles. The number of carbonyl (C=O) groups excluding carboxylic acids is 3. The minimum absolute atomic E-state index is 0.176. The maximum Gasteiger partial charge on any atom is 0.255 e. The zero-order valence-electron chi connectivity index (χ0n) is 16.6. The van der Waals surface area contributed by atoms with Crippen LogP contribution in [0.1, 0.15) is 28.8 Å². The summed E-state index contributed by atoms with van der Waals surface area (Å²) in [6.07, 6.45) is 6.12. The standard InChI is InChI=1S/C21H20N6O3/c1-25-10-14(8-22-25)19-16(9-23-26(19)2)12-3-4-15-13(7-12)11-27(21(15)30)17-5-6-18(28)24-20(17)29/h3-4,7-10,17H,5-6,11H2,1-2H3,(H,24,28,29). The monoisotopic (exact) mass is 404 g/mol. The predicted molar refractivity (Wildman–Crippen MR) is 107 cm³/mol. The number of aryl methyl sites for hydroxylation is 2. The first-order chi connectivity index (χ1) is 14.4. The molecule has 1 N–H and O–H groups in total. The Morgan fingerprint density at radius 3 is 2.60 bits per heavy atom. The zero-order chi connectivity index (χ0) is 21.0. The van der Waals surface area contributed by atoms with Crippen molar-refractivity contribution in [3.8, 4) is 22.4 Å². The Morgan fingerprint density at radius 2 is 1.87 bits per heavy atom. The molecular weight excluding hydrogens is 384 g/mol. The van der Waals surface area contributed by atoms with Gasteiger partial charge >= 0.3 is 0 Å². The van der Waals surface area contributed by atoms with E-state index in [0.717, 1.165) is 27.9 Å². The second kappa shape index (κ2) is 6.65. The largest absolute Gasteiger partial charge is 0.322 e. The number of carbonyl (C=O) groups is 3. The van der Waals surface area contributed by atoms with E-state index in [9.17, 15) is 14.4 Å². The van der Waals surface area contributed by atoms with Gasteiger partial charge in [-0.15, -0.1) is 0 Å². The van der Waals surface area contributed by atoms with Crippen LogP contribution in [0.25, 0.3) is 22.4 Å². The first-order valence-corrected chi connectivity index (χ1v) is 9.71. The lowest BCUT2D eigenvalue weighted by Crippen LogP contribution is -2.52. The highest BCUT2D eigenvalue weighted by Crippen LogP contribution is 2.35. The Kier molecular flexibility index (Phi) is 4.05. The van der Waals surface area contributed by atoms with E-state index < -0.39 is 11.9 Å². The Morgan fingerprint density at radius 1 is 1.03 bits per heavy atom. The Balaban J connectivity index is 1.49. The second-order valence-corrected chi connectivity index (χ2v) is 7.71. The van der Waals surface area contributed by atoms with Gasteiger partial charge in [-0.25, -0.2) is 0 Å². The number of rotatable bonds is 3. The number of hydrogen-bond donors (Lipinski definition) is 1. The van der Waals surface area contributed by atoms with Crippen LogP contribution in [0.15, 0.2) is 36.8 Å². The number of nitrogens with one attached hydrogen (secondary N) is 1. The van der Waals surface area contributed by atoms with Gasteiger partial charge in [0, 0.05) is 49.9 Å². The summed E-state index contributed by atoms with van der Waals surface area (Å²) in [5, 5.41) is 11.0. The zero-order valence-corrected chi connectivity index (χ0v) is 16.6. The Bertz CT molecular complexity index is 1210. The molecule has 152 valence electrons. The fourth-order valence-electron chi connectivity index (χ4n) is 4.28. The third kappa shape index (κ3) is 2.81. The Hall–Kier alpha value is -3.75. The summed E-state index contributed by atoms with van der Waals surface area (Å²) in [4.78, 5) is 38.1. The van der Waals surface area contributed by atoms with E-state index in [1.807, 2.05) is 32.4 Å². The van der Waals surface area contributed by atoms with Gasteiger partial charge in [0.2, 0.25) is 11.8 Å². The van der Waals surface area contributed by atoms with Crippen molar-refractivity contribution in [1.82, 2.24) is 29.8 Å². The summed E-state index contributed by atoms with van der Waals surface area (Å²) >= 11 is 0. The van der Waals surface area contributed by atoms with Gasteiger partial charge < -0.3 is 4.90 Å². The molecule has 2 aromatic heterocycles. The summed E-state index contributed by atoms with van der Waals surface area (Å²) in [5.74, 6) is -0.870. The van der Waals surface area contributed by atoms with E-state index in [0.29, 0.717) is 18.5 Å². The number of aromatic nitrogens is 4. The lowest BCUT2D eigenvalue weighted by molar-refractivity contribution is -0.136. The third-order valence-corrected chi connectivity index (χ3v) is 5.75. The van der Waals surface area contributed by atoms with Crippen molar-refractivity contribution >= 4 is 17.7 Å². The van der Waals surface area contributed by atoms with Crippen LogP contribution >= 0.6 is 0 Å². The van der Waals surface area contributed by atoms with Gasteiger partial charge in [-0.05, 0) is 29.7 Å². The van der Waals surface area contributed by atoms with Crippen LogP contribution in [0, 0.1) is 0 Å². The number of piperidine rings is 1. The van der Waals surface area contributed by atoms with Gasteiger partial charge in [0.15, 0.2) is 0 Å². The van der Waals surface area contributed by atoms with Crippen molar-refractivity contribution in [2.45, 2.75) is 25.4 Å². The molecule has 0 aliphatic carbocycles.